The molecule has 0 saturated carbocycles. The molecule has 0 unspecified atom stereocenters. The van der Waals surface area contributed by atoms with E-state index in [0.29, 0.717) is 13.1 Å². The highest BCUT2D eigenvalue weighted by Crippen LogP contribution is 2.31. The third kappa shape index (κ3) is 5.62. The Morgan fingerprint density at radius 1 is 1.06 bits per heavy atom. The number of likely N-dealkylation sites (tertiary alicyclic amines) is 1. The van der Waals surface area contributed by atoms with Gasteiger partial charge in [-0.05, 0) is 54.8 Å². The van der Waals surface area contributed by atoms with Crippen molar-refractivity contribution in [1.82, 2.24) is 14.8 Å². The second-order valence-corrected chi connectivity index (χ2v) is 9.39. The standard InChI is InChI=1S/C23H30N4O3S/c28-22(29)16-18-7-10-27(23(30)20-4-3-15-31-20)17-19(18)6-9-25-11-13-26(14-12-25)21-5-1-2-8-24-21/h1-5,8,15,18-19H,6-7,9-14,16-17H2,(H,28,29)/t18-,19+/m0/s1. The van der Waals surface area contributed by atoms with E-state index in [1.54, 1.807) is 0 Å². The van der Waals surface area contributed by atoms with Crippen LogP contribution in [0, 0.1) is 11.8 Å². The van der Waals surface area contributed by atoms with Crippen LogP contribution in [0.15, 0.2) is 41.9 Å². The lowest BCUT2D eigenvalue weighted by atomic mass is 9.81. The number of thiophene rings is 1. The summed E-state index contributed by atoms with van der Waals surface area (Å²) in [5.74, 6) is 0.732. The molecule has 0 bridgehead atoms. The first-order valence-corrected chi connectivity index (χ1v) is 11.9. The number of hydrogen-bond acceptors (Lipinski definition) is 6. The van der Waals surface area contributed by atoms with Gasteiger partial charge in [-0.2, -0.15) is 0 Å². The Morgan fingerprint density at radius 3 is 2.58 bits per heavy atom. The van der Waals surface area contributed by atoms with Crippen LogP contribution in [-0.4, -0.2) is 77.6 Å². The van der Waals surface area contributed by atoms with Crippen molar-refractivity contribution in [3.05, 3.63) is 46.8 Å². The number of aromatic nitrogens is 1. The smallest absolute Gasteiger partial charge is 0.303 e. The molecule has 1 amide bonds. The fourth-order valence-electron chi connectivity index (χ4n) is 4.73. The first kappa shape index (κ1) is 21.8. The normalized spacial score (nSPS) is 22.5. The number of carbonyl (C=O) groups is 2. The molecule has 2 aromatic heterocycles. The van der Waals surface area contributed by atoms with Crippen molar-refractivity contribution in [2.75, 3.05) is 50.7 Å². The summed E-state index contributed by atoms with van der Waals surface area (Å²) in [6.45, 7) is 6.09. The van der Waals surface area contributed by atoms with Crippen molar-refractivity contribution in [2.45, 2.75) is 19.3 Å². The van der Waals surface area contributed by atoms with Gasteiger partial charge in [0.1, 0.15) is 5.82 Å². The number of piperidine rings is 1. The molecule has 0 aliphatic carbocycles. The fourth-order valence-corrected chi connectivity index (χ4v) is 5.42. The number of carbonyl (C=O) groups excluding carboxylic acids is 1. The molecule has 0 aromatic carbocycles. The minimum Gasteiger partial charge on any atom is -0.481 e. The molecule has 2 aliphatic rings. The predicted octanol–water partition coefficient (Wildman–Crippen LogP) is 2.91. The van der Waals surface area contributed by atoms with Crippen LogP contribution < -0.4 is 4.90 Å². The predicted molar refractivity (Wildman–Crippen MR) is 122 cm³/mol. The molecule has 2 fully saturated rings. The Hall–Kier alpha value is -2.45. The van der Waals surface area contributed by atoms with E-state index in [0.717, 1.165) is 56.3 Å². The molecule has 4 heterocycles. The minimum atomic E-state index is -0.739. The zero-order valence-electron chi connectivity index (χ0n) is 17.7. The Bertz CT molecular complexity index is 853. The highest BCUT2D eigenvalue weighted by atomic mass is 32.1. The van der Waals surface area contributed by atoms with Crippen molar-refractivity contribution in [3.8, 4) is 0 Å². The SMILES string of the molecule is O=C(O)C[C@@H]1CCN(C(=O)c2cccs2)C[C@H]1CCN1CCN(c2ccccn2)CC1. The first-order chi connectivity index (χ1) is 15.1. The molecule has 0 radical (unpaired) electrons. The van der Waals surface area contributed by atoms with Gasteiger partial charge in [-0.25, -0.2) is 4.98 Å². The van der Waals surface area contributed by atoms with Crippen LogP contribution in [0.2, 0.25) is 0 Å². The highest BCUT2D eigenvalue weighted by Gasteiger charge is 2.33. The minimum absolute atomic E-state index is 0.0813. The highest BCUT2D eigenvalue weighted by molar-refractivity contribution is 7.12. The molecular weight excluding hydrogens is 412 g/mol. The second kappa shape index (κ2) is 10.2. The number of pyridine rings is 1. The molecule has 2 atom stereocenters. The molecule has 1 N–H and O–H groups in total. The van der Waals surface area contributed by atoms with Crippen LogP contribution in [0.4, 0.5) is 5.82 Å². The van der Waals surface area contributed by atoms with E-state index in [2.05, 4.69) is 14.8 Å². The van der Waals surface area contributed by atoms with Crippen LogP contribution in [0.25, 0.3) is 0 Å². The Kier molecular flexibility index (Phi) is 7.19. The van der Waals surface area contributed by atoms with E-state index < -0.39 is 5.97 Å². The summed E-state index contributed by atoms with van der Waals surface area (Å²) in [4.78, 5) is 36.1. The van der Waals surface area contributed by atoms with E-state index in [1.807, 2.05) is 46.8 Å². The summed E-state index contributed by atoms with van der Waals surface area (Å²) in [5, 5.41) is 11.3. The molecule has 7 nitrogen and oxygen atoms in total. The lowest BCUT2D eigenvalue weighted by molar-refractivity contribution is -0.139. The van der Waals surface area contributed by atoms with Crippen molar-refractivity contribution < 1.29 is 14.7 Å². The van der Waals surface area contributed by atoms with Gasteiger partial charge in [-0.3, -0.25) is 14.5 Å². The third-order valence-corrected chi connectivity index (χ3v) is 7.37. The van der Waals surface area contributed by atoms with Gasteiger partial charge >= 0.3 is 5.97 Å². The van der Waals surface area contributed by atoms with Gasteiger partial charge in [0.25, 0.3) is 5.91 Å². The van der Waals surface area contributed by atoms with Crippen LogP contribution >= 0.6 is 11.3 Å². The maximum absolute atomic E-state index is 12.8. The average Bonchev–Trinajstić information content (AvgIpc) is 3.33. The van der Waals surface area contributed by atoms with E-state index in [1.165, 1.54) is 11.3 Å². The van der Waals surface area contributed by atoms with Gasteiger partial charge in [-0.15, -0.1) is 11.3 Å². The van der Waals surface area contributed by atoms with Crippen LogP contribution in [0.5, 0.6) is 0 Å². The van der Waals surface area contributed by atoms with Gasteiger partial charge in [0.05, 0.1) is 4.88 Å². The average molecular weight is 443 g/mol. The number of piperazine rings is 1. The van der Waals surface area contributed by atoms with E-state index in [4.69, 9.17) is 0 Å². The summed E-state index contributed by atoms with van der Waals surface area (Å²) >= 11 is 1.47. The van der Waals surface area contributed by atoms with Crippen molar-refractivity contribution >= 4 is 29.0 Å². The zero-order chi connectivity index (χ0) is 21.6. The van der Waals surface area contributed by atoms with Gasteiger partial charge < -0.3 is 14.9 Å². The number of aliphatic carboxylic acids is 1. The quantitative estimate of drug-likeness (QED) is 0.711. The number of anilines is 1. The molecule has 2 saturated heterocycles. The zero-order valence-corrected chi connectivity index (χ0v) is 18.5. The van der Waals surface area contributed by atoms with E-state index >= 15 is 0 Å². The first-order valence-electron chi connectivity index (χ1n) is 11.0. The third-order valence-electron chi connectivity index (χ3n) is 6.51. The molecule has 2 aliphatic heterocycles. The van der Waals surface area contributed by atoms with Gasteiger partial charge in [0.2, 0.25) is 0 Å². The Balaban J connectivity index is 1.32. The largest absolute Gasteiger partial charge is 0.481 e. The maximum atomic E-state index is 12.8. The van der Waals surface area contributed by atoms with Gasteiger partial charge in [-0.1, -0.05) is 12.1 Å². The summed E-state index contributed by atoms with van der Waals surface area (Å²) in [6, 6.07) is 9.77. The number of hydrogen-bond donors (Lipinski definition) is 1. The van der Waals surface area contributed by atoms with Crippen molar-refractivity contribution in [3.63, 3.8) is 0 Å². The summed E-state index contributed by atoms with van der Waals surface area (Å²) in [7, 11) is 0. The van der Waals surface area contributed by atoms with Gasteiger partial charge in [0.15, 0.2) is 0 Å². The number of amides is 1. The molecule has 4 rings (SSSR count). The molecule has 166 valence electrons. The van der Waals surface area contributed by atoms with E-state index in [-0.39, 0.29) is 24.2 Å². The van der Waals surface area contributed by atoms with Crippen LogP contribution in [0.3, 0.4) is 0 Å². The lowest BCUT2D eigenvalue weighted by Gasteiger charge is -2.40. The Morgan fingerprint density at radius 2 is 1.90 bits per heavy atom. The second-order valence-electron chi connectivity index (χ2n) is 8.44. The molecule has 0 spiro atoms. The van der Waals surface area contributed by atoms with Crippen molar-refractivity contribution in [2.24, 2.45) is 11.8 Å². The monoisotopic (exact) mass is 442 g/mol. The fraction of sp³-hybridized carbons (Fsp3) is 0.522. The van der Waals surface area contributed by atoms with Gasteiger partial charge in [0, 0.05) is 51.9 Å². The number of rotatable bonds is 7. The number of carboxylic acid groups (broad SMARTS) is 1. The lowest BCUT2D eigenvalue weighted by Crippen LogP contribution is -2.48. The molecule has 31 heavy (non-hydrogen) atoms. The van der Waals surface area contributed by atoms with Crippen molar-refractivity contribution in [1.29, 1.82) is 0 Å². The molecule has 8 heteroatoms. The summed E-state index contributed by atoms with van der Waals surface area (Å²) in [5.41, 5.74) is 0. The Labute approximate surface area is 187 Å². The summed E-state index contributed by atoms with van der Waals surface area (Å²) in [6.07, 6.45) is 3.72. The molecular formula is C23H30N4O3S. The topological polar surface area (TPSA) is 77.0 Å². The number of nitrogens with zero attached hydrogens (tertiary/aromatic N) is 4. The van der Waals surface area contributed by atoms with Crippen LogP contribution in [-0.2, 0) is 4.79 Å². The molecule has 2 aromatic rings. The van der Waals surface area contributed by atoms with E-state index in [9.17, 15) is 14.7 Å². The number of carboxylic acids is 1. The maximum Gasteiger partial charge on any atom is 0.303 e. The van der Waals surface area contributed by atoms with Crippen LogP contribution in [0.1, 0.15) is 28.9 Å². The summed E-state index contributed by atoms with van der Waals surface area (Å²) < 4.78 is 0.